The molecule has 1 aliphatic heterocycles. The van der Waals surface area contributed by atoms with Crippen LogP contribution in [-0.2, 0) is 7.05 Å². The molecule has 1 fully saturated rings. The van der Waals surface area contributed by atoms with Crippen LogP contribution < -0.4 is 21.5 Å². The molecule has 1 saturated heterocycles. The van der Waals surface area contributed by atoms with E-state index in [1.54, 1.807) is 35.0 Å². The molecule has 1 aliphatic rings. The molecule has 0 saturated carbocycles. The first-order chi connectivity index (χ1) is 21.1. The Balaban J connectivity index is 1.22. The summed E-state index contributed by atoms with van der Waals surface area (Å²) in [5.41, 5.74) is 4.74. The lowest BCUT2D eigenvalue weighted by atomic mass is 10.1. The summed E-state index contributed by atoms with van der Waals surface area (Å²) >= 11 is 0. The van der Waals surface area contributed by atoms with Crippen molar-refractivity contribution in [2.24, 2.45) is 7.05 Å². The molecule has 0 aliphatic carbocycles. The molecule has 0 unspecified atom stereocenters. The topological polar surface area (TPSA) is 127 Å². The summed E-state index contributed by atoms with van der Waals surface area (Å²) in [5, 5.41) is 15.3. The molecule has 7 rings (SSSR count). The lowest BCUT2D eigenvalue weighted by Crippen LogP contribution is -2.35. The molecule has 11 heteroatoms. The first-order valence-electron chi connectivity index (χ1n) is 14.3. The third kappa shape index (κ3) is 5.57. The maximum atomic E-state index is 14.0. The van der Waals surface area contributed by atoms with E-state index in [1.807, 2.05) is 60.7 Å². The second-order valence-electron chi connectivity index (χ2n) is 10.6. The van der Waals surface area contributed by atoms with Gasteiger partial charge in [0.2, 0.25) is 5.95 Å². The Morgan fingerprint density at radius 2 is 1.67 bits per heavy atom. The van der Waals surface area contributed by atoms with Crippen molar-refractivity contribution in [1.29, 1.82) is 0 Å². The second kappa shape index (κ2) is 11.5. The van der Waals surface area contributed by atoms with E-state index in [0.29, 0.717) is 46.0 Å². The number of nitrogens with one attached hydrogen (secondary N) is 3. The second-order valence-corrected chi connectivity index (χ2v) is 10.6. The Morgan fingerprint density at radius 1 is 0.884 bits per heavy atom. The zero-order valence-electron chi connectivity index (χ0n) is 23.6. The average Bonchev–Trinajstić information content (AvgIpc) is 3.49. The summed E-state index contributed by atoms with van der Waals surface area (Å²) in [6.07, 6.45) is 7.25. The number of piperidine rings is 1. The van der Waals surface area contributed by atoms with E-state index >= 15 is 0 Å². The molecule has 2 aromatic carbocycles. The van der Waals surface area contributed by atoms with E-state index in [9.17, 15) is 4.79 Å². The maximum Gasteiger partial charge on any atom is 0.264 e. The highest BCUT2D eigenvalue weighted by molar-refractivity contribution is 5.83. The zero-order valence-corrected chi connectivity index (χ0v) is 23.6. The average molecular weight is 571 g/mol. The molecule has 214 valence electrons. The summed E-state index contributed by atoms with van der Waals surface area (Å²) in [4.78, 5) is 32.2. The van der Waals surface area contributed by atoms with Crippen LogP contribution in [-0.4, -0.2) is 53.4 Å². The van der Waals surface area contributed by atoms with Gasteiger partial charge in [-0.2, -0.15) is 4.98 Å². The predicted molar refractivity (Wildman–Crippen MR) is 168 cm³/mol. The van der Waals surface area contributed by atoms with Crippen LogP contribution in [0.1, 0.15) is 12.8 Å². The van der Waals surface area contributed by atoms with Crippen LogP contribution in [0.2, 0.25) is 0 Å². The quantitative estimate of drug-likeness (QED) is 0.253. The zero-order chi connectivity index (χ0) is 29.2. The third-order valence-corrected chi connectivity index (χ3v) is 7.51. The van der Waals surface area contributed by atoms with Gasteiger partial charge >= 0.3 is 0 Å². The minimum absolute atomic E-state index is 0.206. The van der Waals surface area contributed by atoms with Crippen molar-refractivity contribution < 1.29 is 0 Å². The van der Waals surface area contributed by atoms with E-state index in [-0.39, 0.29) is 5.56 Å². The van der Waals surface area contributed by atoms with Gasteiger partial charge in [-0.15, -0.1) is 5.10 Å². The lowest BCUT2D eigenvalue weighted by molar-refractivity contribution is 0.479. The molecule has 5 heterocycles. The monoisotopic (exact) mass is 570 g/mol. The van der Waals surface area contributed by atoms with Crippen LogP contribution in [0.4, 0.5) is 17.3 Å². The number of hydrogen-bond acceptors (Lipinski definition) is 9. The van der Waals surface area contributed by atoms with Crippen LogP contribution in [0.15, 0.2) is 96.3 Å². The van der Waals surface area contributed by atoms with Gasteiger partial charge in [0.1, 0.15) is 12.0 Å². The van der Waals surface area contributed by atoms with Crippen molar-refractivity contribution in [3.05, 3.63) is 102 Å². The molecule has 43 heavy (non-hydrogen) atoms. The Morgan fingerprint density at radius 3 is 2.40 bits per heavy atom. The number of aryl methyl sites for hydroxylation is 1. The minimum Gasteiger partial charge on any atom is -0.382 e. The van der Waals surface area contributed by atoms with E-state index < -0.39 is 0 Å². The SMILES string of the molecule is Cn1cnc(-c2ccc(-c3cc4cnc(Nc5ccc(NC6CCNCC6)cc5)nc4n(-c4ccccc4)c3=O)cn2)n1. The number of hydrogen-bond donors (Lipinski definition) is 3. The van der Waals surface area contributed by atoms with E-state index in [2.05, 4.69) is 48.1 Å². The Kier molecular flexibility index (Phi) is 7.05. The van der Waals surface area contributed by atoms with Gasteiger partial charge in [0, 0.05) is 53.4 Å². The molecule has 0 radical (unpaired) electrons. The van der Waals surface area contributed by atoms with Crippen molar-refractivity contribution in [1.82, 2.24) is 39.6 Å². The molecule has 0 spiro atoms. The van der Waals surface area contributed by atoms with Gasteiger partial charge in [-0.05, 0) is 74.5 Å². The first-order valence-corrected chi connectivity index (χ1v) is 14.3. The van der Waals surface area contributed by atoms with Gasteiger partial charge in [0.05, 0.1) is 5.69 Å². The summed E-state index contributed by atoms with van der Waals surface area (Å²) in [6.45, 7) is 2.08. The number of pyridine rings is 2. The predicted octanol–water partition coefficient (Wildman–Crippen LogP) is 4.55. The molecule has 3 N–H and O–H groups in total. The van der Waals surface area contributed by atoms with Crippen LogP contribution in [0, 0.1) is 0 Å². The van der Waals surface area contributed by atoms with Crippen molar-refractivity contribution in [3.8, 4) is 28.3 Å². The number of benzene rings is 2. The van der Waals surface area contributed by atoms with Crippen molar-refractivity contribution in [2.45, 2.75) is 18.9 Å². The maximum absolute atomic E-state index is 14.0. The van der Waals surface area contributed by atoms with Crippen molar-refractivity contribution in [2.75, 3.05) is 23.7 Å². The summed E-state index contributed by atoms with van der Waals surface area (Å²) < 4.78 is 3.25. The Bertz CT molecular complexity index is 1930. The highest BCUT2D eigenvalue weighted by Crippen LogP contribution is 2.25. The third-order valence-electron chi connectivity index (χ3n) is 7.51. The van der Waals surface area contributed by atoms with Gasteiger partial charge in [-0.25, -0.2) is 9.97 Å². The van der Waals surface area contributed by atoms with Crippen LogP contribution >= 0.6 is 0 Å². The molecular weight excluding hydrogens is 540 g/mol. The van der Waals surface area contributed by atoms with Crippen molar-refractivity contribution in [3.63, 3.8) is 0 Å². The Hall–Kier alpha value is -5.42. The smallest absolute Gasteiger partial charge is 0.264 e. The number of nitrogens with zero attached hydrogens (tertiary/aromatic N) is 7. The fraction of sp³-hybridized carbons (Fsp3) is 0.188. The highest BCUT2D eigenvalue weighted by Gasteiger charge is 2.17. The normalized spacial score (nSPS) is 13.7. The van der Waals surface area contributed by atoms with Crippen molar-refractivity contribution >= 4 is 28.4 Å². The standard InChI is InChI=1S/C32H30N10O/c1-41-20-36-29(40-41)28-12-7-21(18-34-28)27-17-22-19-35-32(39-30(22)42(31(27)43)26-5-3-2-4-6-26)38-24-10-8-23(9-11-24)37-25-13-15-33-16-14-25/h2-12,17-20,25,33,37H,13-16H2,1H3,(H,35,38,39). The van der Waals surface area contributed by atoms with Gasteiger partial charge in [-0.3, -0.25) is 19.0 Å². The fourth-order valence-electron chi connectivity index (χ4n) is 5.30. The molecular formula is C32H30N10O. The van der Waals surface area contributed by atoms with Gasteiger partial charge < -0.3 is 16.0 Å². The van der Waals surface area contributed by atoms with Gasteiger partial charge in [-0.1, -0.05) is 24.3 Å². The summed E-state index contributed by atoms with van der Waals surface area (Å²) in [5.74, 6) is 0.924. The van der Waals surface area contributed by atoms with E-state index in [0.717, 1.165) is 42.7 Å². The summed E-state index contributed by atoms with van der Waals surface area (Å²) in [7, 11) is 1.80. The van der Waals surface area contributed by atoms with Gasteiger partial charge in [0.15, 0.2) is 11.5 Å². The number of rotatable bonds is 7. The molecule has 4 aromatic heterocycles. The van der Waals surface area contributed by atoms with E-state index in [1.165, 1.54) is 0 Å². The highest BCUT2D eigenvalue weighted by atomic mass is 16.1. The van der Waals surface area contributed by atoms with E-state index in [4.69, 9.17) is 4.98 Å². The molecule has 0 bridgehead atoms. The first kappa shape index (κ1) is 26.5. The molecule has 0 atom stereocenters. The fourth-order valence-corrected chi connectivity index (χ4v) is 5.30. The molecule has 11 nitrogen and oxygen atoms in total. The van der Waals surface area contributed by atoms with Crippen LogP contribution in [0.3, 0.4) is 0 Å². The van der Waals surface area contributed by atoms with Gasteiger partial charge in [0.25, 0.3) is 5.56 Å². The number of aromatic nitrogens is 7. The Labute approximate surface area is 247 Å². The number of para-hydroxylation sites is 1. The molecule has 6 aromatic rings. The number of fused-ring (bicyclic) bond motifs is 1. The number of anilines is 3. The molecule has 0 amide bonds. The lowest BCUT2D eigenvalue weighted by Gasteiger charge is -2.24. The minimum atomic E-state index is -0.206. The largest absolute Gasteiger partial charge is 0.382 e. The van der Waals surface area contributed by atoms with Crippen LogP contribution in [0.5, 0.6) is 0 Å². The van der Waals surface area contributed by atoms with Crippen LogP contribution in [0.25, 0.3) is 39.4 Å². The summed E-state index contributed by atoms with van der Waals surface area (Å²) in [6, 6.07) is 23.6.